The van der Waals surface area contributed by atoms with Gasteiger partial charge in [-0.1, -0.05) is 11.6 Å². The molecule has 1 heterocycles. The summed E-state index contributed by atoms with van der Waals surface area (Å²) in [5.74, 6) is -2.85. The van der Waals surface area contributed by atoms with E-state index in [1.807, 2.05) is 0 Å². The van der Waals surface area contributed by atoms with Crippen LogP contribution in [0.1, 0.15) is 6.42 Å². The van der Waals surface area contributed by atoms with Crippen LogP contribution >= 0.6 is 11.6 Å². The molecule has 1 aromatic carbocycles. The summed E-state index contributed by atoms with van der Waals surface area (Å²) in [7, 11) is 0. The van der Waals surface area contributed by atoms with Crippen LogP contribution < -0.4 is 4.74 Å². The number of likely N-dealkylation sites (tertiary alicyclic amines) is 1. The van der Waals surface area contributed by atoms with Gasteiger partial charge in [-0.05, 0) is 6.07 Å². The van der Waals surface area contributed by atoms with Crippen molar-refractivity contribution in [1.29, 1.82) is 0 Å². The third-order valence-corrected chi connectivity index (χ3v) is 3.55. The number of halogens is 4. The Labute approximate surface area is 138 Å². The lowest BCUT2D eigenvalue weighted by Crippen LogP contribution is -2.36. The molecule has 1 aliphatic rings. The summed E-state index contributed by atoms with van der Waals surface area (Å²) >= 11 is 5.67. The van der Waals surface area contributed by atoms with Crippen molar-refractivity contribution >= 4 is 29.2 Å². The number of carbonyl (C=O) groups is 2. The number of hydrogen-bond donors (Lipinski definition) is 0. The highest BCUT2D eigenvalue weighted by Gasteiger charge is 2.41. The average molecular weight is 367 g/mol. The summed E-state index contributed by atoms with van der Waals surface area (Å²) in [6, 6.07) is 3.20. The molecule has 7 nitrogen and oxygen atoms in total. The van der Waals surface area contributed by atoms with Gasteiger partial charge < -0.3 is 9.64 Å². The fraction of sp³-hybridized carbons (Fsp3) is 0.385. The molecule has 11 heteroatoms. The molecule has 1 atom stereocenters. The highest BCUT2D eigenvalue weighted by atomic mass is 35.5. The number of esters is 1. The van der Waals surface area contributed by atoms with Crippen LogP contribution in [0.25, 0.3) is 0 Å². The summed E-state index contributed by atoms with van der Waals surface area (Å²) in [6.07, 6.45) is -4.95. The molecule has 1 unspecified atom stereocenters. The van der Waals surface area contributed by atoms with Crippen LogP contribution in [0.15, 0.2) is 18.2 Å². The zero-order valence-electron chi connectivity index (χ0n) is 11.9. The van der Waals surface area contributed by atoms with Gasteiger partial charge in [-0.15, -0.1) is 0 Å². The molecule has 1 saturated heterocycles. The fourth-order valence-electron chi connectivity index (χ4n) is 2.20. The van der Waals surface area contributed by atoms with Gasteiger partial charge in [0.15, 0.2) is 0 Å². The van der Waals surface area contributed by atoms with E-state index in [4.69, 9.17) is 16.3 Å². The van der Waals surface area contributed by atoms with Crippen LogP contribution in [0.3, 0.4) is 0 Å². The van der Waals surface area contributed by atoms with Gasteiger partial charge in [-0.25, -0.2) is 0 Å². The summed E-state index contributed by atoms with van der Waals surface area (Å²) < 4.78 is 41.9. The third-order valence-electron chi connectivity index (χ3n) is 3.25. The number of hydrogen-bond acceptors (Lipinski definition) is 5. The quantitative estimate of drug-likeness (QED) is 0.353. The Balaban J connectivity index is 2.02. The molecule has 0 aromatic heterocycles. The van der Waals surface area contributed by atoms with Crippen molar-refractivity contribution in [2.24, 2.45) is 5.92 Å². The second-order valence-electron chi connectivity index (χ2n) is 5.08. The lowest BCUT2D eigenvalue weighted by atomic mass is 10.1. The zero-order chi connectivity index (χ0) is 18.1. The average Bonchev–Trinajstić information content (AvgIpc) is 2.78. The molecule has 0 bridgehead atoms. The van der Waals surface area contributed by atoms with E-state index >= 15 is 0 Å². The predicted molar refractivity (Wildman–Crippen MR) is 74.5 cm³/mol. The van der Waals surface area contributed by atoms with Gasteiger partial charge in [0.2, 0.25) is 5.91 Å². The number of nitro benzene ring substituents is 1. The van der Waals surface area contributed by atoms with Crippen molar-refractivity contribution in [2.75, 3.05) is 13.1 Å². The first-order chi connectivity index (χ1) is 11.1. The second kappa shape index (κ2) is 6.63. The minimum atomic E-state index is -4.56. The lowest BCUT2D eigenvalue weighted by molar-refractivity contribution is -0.384. The maximum atomic E-state index is 12.3. The number of alkyl halides is 3. The normalized spacial score (nSPS) is 17.9. The number of carbonyl (C=O) groups excluding carboxylic acids is 2. The van der Waals surface area contributed by atoms with Crippen LogP contribution in [-0.2, 0) is 9.59 Å². The SMILES string of the molecule is O=C(Oc1ccc([N+](=O)[O-])c(Cl)c1)C1CC(=O)N(CC(F)(F)F)C1. The van der Waals surface area contributed by atoms with E-state index in [2.05, 4.69) is 0 Å². The zero-order valence-corrected chi connectivity index (χ0v) is 12.6. The molecule has 0 radical (unpaired) electrons. The maximum Gasteiger partial charge on any atom is 0.406 e. The fourth-order valence-corrected chi connectivity index (χ4v) is 2.44. The summed E-state index contributed by atoms with van der Waals surface area (Å²) in [6.45, 7) is -1.84. The van der Waals surface area contributed by atoms with Gasteiger partial charge in [-0.3, -0.25) is 19.7 Å². The van der Waals surface area contributed by atoms with Crippen LogP contribution in [0.2, 0.25) is 5.02 Å². The third kappa shape index (κ3) is 4.34. The molecule has 1 aromatic rings. The van der Waals surface area contributed by atoms with E-state index < -0.39 is 48.4 Å². The minimum absolute atomic E-state index is 0.0997. The Morgan fingerprint density at radius 2 is 2.12 bits per heavy atom. The Kier molecular flexibility index (Phi) is 4.97. The van der Waals surface area contributed by atoms with E-state index in [9.17, 15) is 32.9 Å². The number of nitrogens with zero attached hydrogens (tertiary/aromatic N) is 2. The van der Waals surface area contributed by atoms with Gasteiger partial charge in [-0.2, -0.15) is 13.2 Å². The molecule has 1 aliphatic heterocycles. The highest BCUT2D eigenvalue weighted by Crippen LogP contribution is 2.30. The number of nitro groups is 1. The lowest BCUT2D eigenvalue weighted by Gasteiger charge is -2.18. The number of benzene rings is 1. The van der Waals surface area contributed by atoms with Gasteiger partial charge in [0.25, 0.3) is 5.69 Å². The highest BCUT2D eigenvalue weighted by molar-refractivity contribution is 6.32. The summed E-state index contributed by atoms with van der Waals surface area (Å²) in [5, 5.41) is 10.4. The molecule has 0 spiro atoms. The molecule has 1 amide bonds. The van der Waals surface area contributed by atoms with Gasteiger partial charge in [0.05, 0.1) is 10.8 Å². The van der Waals surface area contributed by atoms with Gasteiger partial charge in [0.1, 0.15) is 17.3 Å². The van der Waals surface area contributed by atoms with E-state index in [0.29, 0.717) is 4.90 Å². The molecule has 1 fully saturated rings. The largest absolute Gasteiger partial charge is 0.426 e. The van der Waals surface area contributed by atoms with Crippen LogP contribution in [0.5, 0.6) is 5.75 Å². The van der Waals surface area contributed by atoms with Crippen LogP contribution in [-0.4, -0.2) is 41.0 Å². The van der Waals surface area contributed by atoms with E-state index in [-0.39, 0.29) is 16.5 Å². The van der Waals surface area contributed by atoms with Gasteiger partial charge >= 0.3 is 12.1 Å². The van der Waals surface area contributed by atoms with Crippen molar-refractivity contribution in [1.82, 2.24) is 4.90 Å². The summed E-state index contributed by atoms with van der Waals surface area (Å²) in [5.41, 5.74) is -0.385. The summed E-state index contributed by atoms with van der Waals surface area (Å²) in [4.78, 5) is 33.9. The number of amides is 1. The van der Waals surface area contributed by atoms with Crippen molar-refractivity contribution < 1.29 is 32.4 Å². The Hall–Kier alpha value is -2.36. The van der Waals surface area contributed by atoms with Crippen molar-refractivity contribution in [3.8, 4) is 5.75 Å². The minimum Gasteiger partial charge on any atom is -0.426 e. The molecule has 24 heavy (non-hydrogen) atoms. The van der Waals surface area contributed by atoms with Gasteiger partial charge in [0, 0.05) is 25.1 Å². The number of rotatable bonds is 4. The second-order valence-corrected chi connectivity index (χ2v) is 5.49. The topological polar surface area (TPSA) is 89.7 Å². The Morgan fingerprint density at radius 3 is 2.67 bits per heavy atom. The Morgan fingerprint density at radius 1 is 1.46 bits per heavy atom. The smallest absolute Gasteiger partial charge is 0.406 e. The first-order valence-corrected chi connectivity index (χ1v) is 6.95. The van der Waals surface area contributed by atoms with E-state index in [1.165, 1.54) is 0 Å². The van der Waals surface area contributed by atoms with E-state index in [0.717, 1.165) is 18.2 Å². The van der Waals surface area contributed by atoms with Crippen molar-refractivity contribution in [3.63, 3.8) is 0 Å². The molecule has 0 aliphatic carbocycles. The van der Waals surface area contributed by atoms with Crippen LogP contribution in [0, 0.1) is 16.0 Å². The Bertz CT molecular complexity index is 695. The maximum absolute atomic E-state index is 12.3. The van der Waals surface area contributed by atoms with Crippen molar-refractivity contribution in [3.05, 3.63) is 33.3 Å². The molecule has 0 saturated carbocycles. The first-order valence-electron chi connectivity index (χ1n) is 6.57. The van der Waals surface area contributed by atoms with Crippen LogP contribution in [0.4, 0.5) is 18.9 Å². The first kappa shape index (κ1) is 18.0. The molecule has 0 N–H and O–H groups in total. The molecular weight excluding hydrogens is 357 g/mol. The predicted octanol–water partition coefficient (Wildman–Crippen LogP) is 2.56. The van der Waals surface area contributed by atoms with E-state index in [1.54, 1.807) is 0 Å². The molecular formula is C13H10ClF3N2O5. The molecule has 130 valence electrons. The molecule has 2 rings (SSSR count). The number of ether oxygens (including phenoxy) is 1. The monoisotopic (exact) mass is 366 g/mol. The van der Waals surface area contributed by atoms with Crippen molar-refractivity contribution in [2.45, 2.75) is 12.6 Å². The standard InChI is InChI=1S/C13H10ClF3N2O5/c14-9-4-8(1-2-10(9)19(22)23)24-12(21)7-3-11(20)18(5-7)6-13(15,16)17/h1-2,4,7H,3,5-6H2.